The van der Waals surface area contributed by atoms with E-state index in [1.54, 1.807) is 6.07 Å². The standard InChI is InChI=1S/C15H16ClNO2S2/c1-11(13-7-8-14(16)20-13)15(18)17-9-10-21(19)12-5-3-2-4-6-12/h2-8,11H,9-10H2,1H3,(H,17,18)/t11-,21+/m1/s1. The fourth-order valence-corrected chi connectivity index (χ4v) is 3.90. The lowest BCUT2D eigenvalue weighted by Crippen LogP contribution is -2.31. The molecule has 1 N–H and O–H groups in total. The highest BCUT2D eigenvalue weighted by molar-refractivity contribution is 7.85. The molecule has 2 aromatic rings. The summed E-state index contributed by atoms with van der Waals surface area (Å²) in [7, 11) is -1.09. The highest BCUT2D eigenvalue weighted by atomic mass is 35.5. The Morgan fingerprint density at radius 1 is 1.29 bits per heavy atom. The lowest BCUT2D eigenvalue weighted by atomic mass is 10.1. The zero-order chi connectivity index (χ0) is 15.2. The summed E-state index contributed by atoms with van der Waals surface area (Å²) in [5, 5.41) is 2.82. The molecule has 0 aliphatic rings. The molecule has 0 saturated carbocycles. The molecule has 2 rings (SSSR count). The zero-order valence-electron chi connectivity index (χ0n) is 11.5. The third kappa shape index (κ3) is 4.66. The molecule has 1 heterocycles. The molecule has 0 aliphatic carbocycles. The minimum Gasteiger partial charge on any atom is -0.355 e. The molecule has 1 aromatic carbocycles. The zero-order valence-corrected chi connectivity index (χ0v) is 13.9. The summed E-state index contributed by atoms with van der Waals surface area (Å²) in [5.41, 5.74) is 0. The highest BCUT2D eigenvalue weighted by Gasteiger charge is 2.16. The molecule has 0 unspecified atom stereocenters. The number of hydrogen-bond acceptors (Lipinski definition) is 3. The van der Waals surface area contributed by atoms with Gasteiger partial charge in [0.15, 0.2) is 0 Å². The van der Waals surface area contributed by atoms with Crippen LogP contribution in [0.2, 0.25) is 4.34 Å². The largest absolute Gasteiger partial charge is 0.355 e. The second-order valence-electron chi connectivity index (χ2n) is 4.52. The topological polar surface area (TPSA) is 46.2 Å². The lowest BCUT2D eigenvalue weighted by Gasteiger charge is -2.10. The Morgan fingerprint density at radius 3 is 2.62 bits per heavy atom. The van der Waals surface area contributed by atoms with Crippen molar-refractivity contribution in [3.63, 3.8) is 0 Å². The SMILES string of the molecule is C[C@@H](C(=O)NCC[S@](=O)c1ccccc1)c1ccc(Cl)s1. The third-order valence-electron chi connectivity index (χ3n) is 3.01. The molecule has 0 fully saturated rings. The van der Waals surface area contributed by atoms with Gasteiger partial charge in [0.05, 0.1) is 21.1 Å². The molecule has 0 bridgehead atoms. The second kappa shape index (κ2) is 7.73. The Kier molecular flexibility index (Phi) is 5.96. The summed E-state index contributed by atoms with van der Waals surface area (Å²) in [6, 6.07) is 12.9. The normalized spacial score (nSPS) is 13.6. The maximum atomic E-state index is 12.0. The molecule has 6 heteroatoms. The monoisotopic (exact) mass is 341 g/mol. The smallest absolute Gasteiger partial charge is 0.228 e. The first-order valence-corrected chi connectivity index (χ1v) is 9.05. The average molecular weight is 342 g/mol. The molecule has 3 nitrogen and oxygen atoms in total. The van der Waals surface area contributed by atoms with Crippen LogP contribution >= 0.6 is 22.9 Å². The van der Waals surface area contributed by atoms with Crippen molar-refractivity contribution in [1.82, 2.24) is 5.32 Å². The van der Waals surface area contributed by atoms with Gasteiger partial charge in [-0.3, -0.25) is 9.00 Å². The number of benzene rings is 1. The van der Waals surface area contributed by atoms with E-state index in [2.05, 4.69) is 5.32 Å². The van der Waals surface area contributed by atoms with Gasteiger partial charge in [-0.1, -0.05) is 29.8 Å². The van der Waals surface area contributed by atoms with Crippen LogP contribution < -0.4 is 5.32 Å². The first kappa shape index (κ1) is 16.2. The van der Waals surface area contributed by atoms with Crippen LogP contribution in [0.25, 0.3) is 0 Å². The van der Waals surface area contributed by atoms with E-state index in [1.165, 1.54) is 11.3 Å². The molecular weight excluding hydrogens is 326 g/mol. The average Bonchev–Trinajstić information content (AvgIpc) is 2.93. The van der Waals surface area contributed by atoms with Crippen molar-refractivity contribution in [2.75, 3.05) is 12.3 Å². The van der Waals surface area contributed by atoms with Gasteiger partial charge < -0.3 is 5.32 Å². The van der Waals surface area contributed by atoms with Gasteiger partial charge >= 0.3 is 0 Å². The number of thiophene rings is 1. The van der Waals surface area contributed by atoms with E-state index in [0.717, 1.165) is 9.77 Å². The number of nitrogens with one attached hydrogen (secondary N) is 1. The highest BCUT2D eigenvalue weighted by Crippen LogP contribution is 2.27. The Bertz CT molecular complexity index is 628. The van der Waals surface area contributed by atoms with Gasteiger partial charge in [-0.15, -0.1) is 11.3 Å². The molecule has 0 saturated heterocycles. The minimum absolute atomic E-state index is 0.0708. The predicted molar refractivity (Wildman–Crippen MR) is 88.5 cm³/mol. The Labute approximate surface area is 135 Å². The Hall–Kier alpha value is -1.17. The van der Waals surface area contributed by atoms with E-state index >= 15 is 0 Å². The number of rotatable bonds is 6. The van der Waals surface area contributed by atoms with Gasteiger partial charge in [-0.05, 0) is 31.2 Å². The van der Waals surface area contributed by atoms with Crippen molar-refractivity contribution in [2.24, 2.45) is 0 Å². The van der Waals surface area contributed by atoms with Crippen LogP contribution in [0.3, 0.4) is 0 Å². The number of carbonyl (C=O) groups excluding carboxylic acids is 1. The molecule has 0 spiro atoms. The molecule has 112 valence electrons. The molecule has 1 aromatic heterocycles. The summed E-state index contributed by atoms with van der Waals surface area (Å²) in [4.78, 5) is 13.7. The molecule has 1 amide bonds. The quantitative estimate of drug-likeness (QED) is 0.875. The van der Waals surface area contributed by atoms with Gasteiger partial charge in [0, 0.05) is 22.1 Å². The van der Waals surface area contributed by atoms with E-state index in [4.69, 9.17) is 11.6 Å². The third-order valence-corrected chi connectivity index (χ3v) is 5.79. The molecule has 2 atom stereocenters. The minimum atomic E-state index is -1.09. The predicted octanol–water partition coefficient (Wildman–Crippen LogP) is 3.43. The van der Waals surface area contributed by atoms with Crippen LogP contribution in [-0.4, -0.2) is 22.4 Å². The van der Waals surface area contributed by atoms with Crippen LogP contribution in [0.15, 0.2) is 47.4 Å². The van der Waals surface area contributed by atoms with Gasteiger partial charge in [0.1, 0.15) is 0 Å². The first-order valence-electron chi connectivity index (χ1n) is 6.54. The van der Waals surface area contributed by atoms with E-state index in [0.29, 0.717) is 16.6 Å². The van der Waals surface area contributed by atoms with Crippen molar-refractivity contribution in [3.8, 4) is 0 Å². The molecule has 0 radical (unpaired) electrons. The maximum absolute atomic E-state index is 12.0. The maximum Gasteiger partial charge on any atom is 0.228 e. The fourth-order valence-electron chi connectivity index (χ4n) is 1.80. The fraction of sp³-hybridized carbons (Fsp3) is 0.267. The first-order chi connectivity index (χ1) is 10.1. The van der Waals surface area contributed by atoms with Crippen molar-refractivity contribution < 1.29 is 9.00 Å². The summed E-state index contributed by atoms with van der Waals surface area (Å²) >= 11 is 7.27. The number of halogens is 1. The van der Waals surface area contributed by atoms with Crippen molar-refractivity contribution in [2.45, 2.75) is 17.7 Å². The van der Waals surface area contributed by atoms with E-state index in [1.807, 2.05) is 43.3 Å². The van der Waals surface area contributed by atoms with Gasteiger partial charge in [0.2, 0.25) is 5.91 Å². The van der Waals surface area contributed by atoms with Crippen LogP contribution in [0.1, 0.15) is 17.7 Å². The van der Waals surface area contributed by atoms with Crippen molar-refractivity contribution in [3.05, 3.63) is 51.7 Å². The van der Waals surface area contributed by atoms with Gasteiger partial charge in [0.25, 0.3) is 0 Å². The van der Waals surface area contributed by atoms with Crippen molar-refractivity contribution in [1.29, 1.82) is 0 Å². The Balaban J connectivity index is 1.80. The van der Waals surface area contributed by atoms with Gasteiger partial charge in [-0.2, -0.15) is 0 Å². The number of hydrogen-bond donors (Lipinski definition) is 1. The molecular formula is C15H16ClNO2S2. The summed E-state index contributed by atoms with van der Waals surface area (Å²) in [5.74, 6) is 0.0967. The van der Waals surface area contributed by atoms with Gasteiger partial charge in [-0.25, -0.2) is 0 Å². The van der Waals surface area contributed by atoms with Crippen molar-refractivity contribution >= 4 is 39.6 Å². The van der Waals surface area contributed by atoms with Crippen LogP contribution in [0, 0.1) is 0 Å². The summed E-state index contributed by atoms with van der Waals surface area (Å²) in [6.45, 7) is 2.23. The second-order valence-corrected chi connectivity index (χ2v) is 7.83. The van der Waals surface area contributed by atoms with Crippen LogP contribution in [0.5, 0.6) is 0 Å². The van der Waals surface area contributed by atoms with E-state index in [9.17, 15) is 9.00 Å². The number of carbonyl (C=O) groups is 1. The summed E-state index contributed by atoms with van der Waals surface area (Å²) < 4.78 is 12.7. The van der Waals surface area contributed by atoms with Crippen LogP contribution in [0.4, 0.5) is 0 Å². The number of amides is 1. The summed E-state index contributed by atoms with van der Waals surface area (Å²) in [6.07, 6.45) is 0. The van der Waals surface area contributed by atoms with E-state index in [-0.39, 0.29) is 11.8 Å². The molecule has 21 heavy (non-hydrogen) atoms. The molecule has 0 aliphatic heterocycles. The van der Waals surface area contributed by atoms with Crippen LogP contribution in [-0.2, 0) is 15.6 Å². The lowest BCUT2D eigenvalue weighted by molar-refractivity contribution is -0.122. The van der Waals surface area contributed by atoms with E-state index < -0.39 is 10.8 Å². The Morgan fingerprint density at radius 2 is 2.00 bits per heavy atom.